The number of benzene rings is 3. The zero-order valence-corrected chi connectivity index (χ0v) is 19.6. The van der Waals surface area contributed by atoms with Gasteiger partial charge in [0.25, 0.3) is 0 Å². The minimum Gasteiger partial charge on any atom is -0.340 e. The topological polar surface area (TPSA) is 78.9 Å². The predicted octanol–water partition coefficient (Wildman–Crippen LogP) is 6.32. The number of imidazole rings is 1. The minimum atomic E-state index is 0.542. The Morgan fingerprint density at radius 2 is 1.66 bits per heavy atom. The molecule has 35 heavy (non-hydrogen) atoms. The van der Waals surface area contributed by atoms with E-state index >= 15 is 0 Å². The summed E-state index contributed by atoms with van der Waals surface area (Å²) in [6.07, 6.45) is 2.57. The molecule has 170 valence electrons. The summed E-state index contributed by atoms with van der Waals surface area (Å²) >= 11 is 0. The number of aliphatic imine (C=N–C) groups is 1. The summed E-state index contributed by atoms with van der Waals surface area (Å²) in [4.78, 5) is 14.5. The van der Waals surface area contributed by atoms with Gasteiger partial charge in [-0.25, -0.2) is 15.0 Å². The Morgan fingerprint density at radius 3 is 2.29 bits per heavy atom. The quantitative estimate of drug-likeness (QED) is 0.304. The molecule has 6 nitrogen and oxygen atoms in total. The van der Waals surface area contributed by atoms with Crippen LogP contribution in [0.3, 0.4) is 0 Å². The first-order valence-electron chi connectivity index (χ1n) is 11.5. The van der Waals surface area contributed by atoms with Crippen molar-refractivity contribution in [3.05, 3.63) is 114 Å². The van der Waals surface area contributed by atoms with Gasteiger partial charge in [0.2, 0.25) is 0 Å². The molecule has 0 aliphatic heterocycles. The van der Waals surface area contributed by atoms with Gasteiger partial charge in [0.05, 0.1) is 29.2 Å². The zero-order valence-electron chi connectivity index (χ0n) is 19.6. The van der Waals surface area contributed by atoms with Crippen molar-refractivity contribution in [3.63, 3.8) is 0 Å². The van der Waals surface area contributed by atoms with Crippen LogP contribution in [0.4, 0.5) is 17.3 Å². The summed E-state index contributed by atoms with van der Waals surface area (Å²) in [6, 6.07) is 30.0. The van der Waals surface area contributed by atoms with E-state index in [4.69, 9.17) is 9.98 Å². The number of anilines is 2. The number of hydrogen-bond donors (Lipinski definition) is 1. The maximum absolute atomic E-state index is 9.26. The molecule has 0 aliphatic rings. The lowest BCUT2D eigenvalue weighted by Gasteiger charge is -2.13. The highest BCUT2D eigenvalue weighted by atomic mass is 15.1. The summed E-state index contributed by atoms with van der Waals surface area (Å²) in [5.41, 5.74) is 7.11. The highest BCUT2D eigenvalue weighted by molar-refractivity contribution is 6.14. The van der Waals surface area contributed by atoms with Crippen molar-refractivity contribution in [2.24, 2.45) is 12.0 Å². The van der Waals surface area contributed by atoms with Crippen molar-refractivity contribution in [1.29, 1.82) is 5.26 Å². The van der Waals surface area contributed by atoms with Gasteiger partial charge in [0.15, 0.2) is 5.82 Å². The van der Waals surface area contributed by atoms with Crippen molar-refractivity contribution < 1.29 is 0 Å². The number of fused-ring (bicyclic) bond motifs is 1. The van der Waals surface area contributed by atoms with E-state index in [1.54, 1.807) is 6.33 Å². The second-order valence-corrected chi connectivity index (χ2v) is 8.21. The predicted molar refractivity (Wildman–Crippen MR) is 141 cm³/mol. The van der Waals surface area contributed by atoms with Gasteiger partial charge in [0.1, 0.15) is 11.3 Å². The number of aromatic nitrogens is 3. The van der Waals surface area contributed by atoms with Crippen molar-refractivity contribution in [1.82, 2.24) is 14.5 Å². The average molecular weight is 457 g/mol. The van der Waals surface area contributed by atoms with E-state index in [2.05, 4.69) is 23.3 Å². The number of hydrogen-bond acceptors (Lipinski definition) is 5. The molecule has 0 bridgehead atoms. The molecular weight excluding hydrogens is 432 g/mol. The molecule has 0 saturated heterocycles. The largest absolute Gasteiger partial charge is 0.340 e. The monoisotopic (exact) mass is 456 g/mol. The molecule has 3 aromatic carbocycles. The molecule has 0 saturated carbocycles. The van der Waals surface area contributed by atoms with Gasteiger partial charge in [-0.2, -0.15) is 5.26 Å². The first kappa shape index (κ1) is 22.1. The Hall–Kier alpha value is -4.76. The fourth-order valence-electron chi connectivity index (χ4n) is 4.06. The fourth-order valence-corrected chi connectivity index (χ4v) is 4.06. The summed E-state index contributed by atoms with van der Waals surface area (Å²) in [5.74, 6) is 1.21. The van der Waals surface area contributed by atoms with Gasteiger partial charge in [-0.15, -0.1) is 0 Å². The van der Waals surface area contributed by atoms with Crippen molar-refractivity contribution in [3.8, 4) is 6.07 Å². The van der Waals surface area contributed by atoms with E-state index in [9.17, 15) is 5.26 Å². The van der Waals surface area contributed by atoms with E-state index in [1.165, 1.54) is 0 Å². The molecule has 5 aromatic rings. The third-order valence-electron chi connectivity index (χ3n) is 5.88. The smallest absolute Gasteiger partial charge is 0.183 e. The van der Waals surface area contributed by atoms with Crippen LogP contribution in [0.2, 0.25) is 0 Å². The minimum absolute atomic E-state index is 0.542. The van der Waals surface area contributed by atoms with Crippen molar-refractivity contribution in [2.45, 2.75) is 13.3 Å². The van der Waals surface area contributed by atoms with E-state index in [0.29, 0.717) is 17.2 Å². The molecule has 0 fully saturated rings. The van der Waals surface area contributed by atoms with Crippen LogP contribution in [0.25, 0.3) is 11.0 Å². The molecule has 0 atom stereocenters. The van der Waals surface area contributed by atoms with E-state index in [-0.39, 0.29) is 0 Å². The normalized spacial score (nSPS) is 10.7. The van der Waals surface area contributed by atoms with Crippen LogP contribution in [0.15, 0.2) is 96.2 Å². The van der Waals surface area contributed by atoms with Crippen LogP contribution >= 0.6 is 0 Å². The third kappa shape index (κ3) is 4.53. The second kappa shape index (κ2) is 9.62. The molecule has 1 N–H and O–H groups in total. The first-order chi connectivity index (χ1) is 17.2. The molecule has 0 radical (unpaired) electrons. The summed E-state index contributed by atoms with van der Waals surface area (Å²) < 4.78 is 1.96. The lowest BCUT2D eigenvalue weighted by atomic mass is 10.0. The number of aryl methyl sites for hydroxylation is 2. The van der Waals surface area contributed by atoms with E-state index < -0.39 is 0 Å². The first-order valence-corrected chi connectivity index (χ1v) is 11.5. The van der Waals surface area contributed by atoms with Crippen molar-refractivity contribution in [2.75, 3.05) is 5.32 Å². The Kier molecular flexibility index (Phi) is 6.06. The van der Waals surface area contributed by atoms with E-state index in [1.807, 2.05) is 96.5 Å². The van der Waals surface area contributed by atoms with Crippen LogP contribution in [-0.4, -0.2) is 20.2 Å². The standard InChI is InChI=1S/C29H24N6/c1-3-21-16-20(18-30)14-15-24(21)32-26-17-25-28(31-19-35(25)2)29(33-26)34-27(22-10-6-4-7-11-22)23-12-8-5-9-13-23/h4-17,19H,3H2,1-2H3,(H,32,33). The lowest BCUT2D eigenvalue weighted by Crippen LogP contribution is -2.04. The maximum Gasteiger partial charge on any atom is 0.183 e. The summed E-state index contributed by atoms with van der Waals surface area (Å²) in [6.45, 7) is 2.07. The SMILES string of the molecule is CCc1cc(C#N)ccc1Nc1cc2c(ncn2C)c(N=C(c2ccccc2)c2ccccc2)n1. The van der Waals surface area contributed by atoms with Gasteiger partial charge < -0.3 is 9.88 Å². The van der Waals surface area contributed by atoms with Gasteiger partial charge in [-0.3, -0.25) is 0 Å². The zero-order chi connectivity index (χ0) is 24.2. The molecule has 2 heterocycles. The maximum atomic E-state index is 9.26. The number of pyridine rings is 1. The third-order valence-corrected chi connectivity index (χ3v) is 5.88. The Labute approximate surface area is 204 Å². The Bertz CT molecular complexity index is 1520. The Balaban J connectivity index is 1.67. The number of rotatable bonds is 6. The van der Waals surface area contributed by atoms with Crippen molar-refractivity contribution >= 4 is 34.1 Å². The molecule has 0 unspecified atom stereocenters. The summed E-state index contributed by atoms with van der Waals surface area (Å²) in [5, 5.41) is 12.7. The molecule has 6 heteroatoms. The number of nitrogens with zero attached hydrogens (tertiary/aromatic N) is 5. The molecule has 0 spiro atoms. The molecule has 5 rings (SSSR count). The molecule has 2 aromatic heterocycles. The number of nitrogens with one attached hydrogen (secondary N) is 1. The van der Waals surface area contributed by atoms with Gasteiger partial charge in [-0.05, 0) is 30.2 Å². The summed E-state index contributed by atoms with van der Waals surface area (Å²) in [7, 11) is 1.96. The fraction of sp³-hybridized carbons (Fsp3) is 0.103. The molecule has 0 amide bonds. The average Bonchev–Trinajstić information content (AvgIpc) is 3.29. The van der Waals surface area contributed by atoms with Crippen LogP contribution in [-0.2, 0) is 13.5 Å². The highest BCUT2D eigenvalue weighted by Crippen LogP contribution is 2.30. The molecular formula is C29H24N6. The van der Waals surface area contributed by atoms with Crippen LogP contribution in [0, 0.1) is 11.3 Å². The van der Waals surface area contributed by atoms with Crippen LogP contribution in [0.1, 0.15) is 29.2 Å². The van der Waals surface area contributed by atoms with Gasteiger partial charge >= 0.3 is 0 Å². The van der Waals surface area contributed by atoms with E-state index in [0.717, 1.165) is 45.5 Å². The van der Waals surface area contributed by atoms with Gasteiger partial charge in [-0.1, -0.05) is 67.6 Å². The second-order valence-electron chi connectivity index (χ2n) is 8.21. The Morgan fingerprint density at radius 1 is 0.971 bits per heavy atom. The molecule has 0 aliphatic carbocycles. The lowest BCUT2D eigenvalue weighted by molar-refractivity contribution is 0.947. The van der Waals surface area contributed by atoms with Crippen LogP contribution in [0.5, 0.6) is 0 Å². The van der Waals surface area contributed by atoms with Crippen LogP contribution < -0.4 is 5.32 Å². The van der Waals surface area contributed by atoms with Gasteiger partial charge in [0, 0.05) is 29.9 Å². The number of nitriles is 1. The highest BCUT2D eigenvalue weighted by Gasteiger charge is 2.14.